The number of thiocarbonyl (C=S) groups is 1. The molecule has 0 unspecified atom stereocenters. The van der Waals surface area contributed by atoms with Gasteiger partial charge in [-0.25, -0.2) is 0 Å². The zero-order chi connectivity index (χ0) is 16.5. The number of hydrogen-bond acceptors (Lipinski definition) is 4. The summed E-state index contributed by atoms with van der Waals surface area (Å²) in [4.78, 5) is 0. The average molecular weight is 394 g/mol. The molecule has 0 bridgehead atoms. The molecule has 2 rings (SSSR count). The molecule has 0 aliphatic rings. The molecule has 0 radical (unpaired) electrons. The van der Waals surface area contributed by atoms with E-state index >= 15 is 0 Å². The first-order valence-corrected chi connectivity index (χ1v) is 8.04. The number of nitrogens with one attached hydrogen (secondary N) is 1. The van der Waals surface area contributed by atoms with Gasteiger partial charge in [-0.1, -0.05) is 34.1 Å². The summed E-state index contributed by atoms with van der Waals surface area (Å²) < 4.78 is 12.3. The highest BCUT2D eigenvalue weighted by molar-refractivity contribution is 9.10. The molecule has 2 aromatic rings. The van der Waals surface area contributed by atoms with E-state index in [1.54, 1.807) is 6.21 Å². The first kappa shape index (κ1) is 17.2. The van der Waals surface area contributed by atoms with Crippen molar-refractivity contribution in [1.82, 2.24) is 5.43 Å². The molecule has 0 aliphatic heterocycles. The van der Waals surface area contributed by atoms with E-state index in [0.29, 0.717) is 19.0 Å². The molecule has 0 aromatic heterocycles. The van der Waals surface area contributed by atoms with E-state index in [2.05, 4.69) is 26.5 Å². The third kappa shape index (κ3) is 6.25. The van der Waals surface area contributed by atoms with E-state index in [4.69, 9.17) is 27.4 Å². The van der Waals surface area contributed by atoms with Gasteiger partial charge in [0.15, 0.2) is 5.11 Å². The van der Waals surface area contributed by atoms with Gasteiger partial charge in [0, 0.05) is 10.0 Å². The Balaban J connectivity index is 1.91. The minimum absolute atomic E-state index is 0.106. The van der Waals surface area contributed by atoms with Crippen molar-refractivity contribution in [2.75, 3.05) is 13.2 Å². The molecule has 0 atom stereocenters. The van der Waals surface area contributed by atoms with Gasteiger partial charge in [-0.3, -0.25) is 5.43 Å². The lowest BCUT2D eigenvalue weighted by molar-refractivity contribution is 0.217. The van der Waals surface area contributed by atoms with Crippen molar-refractivity contribution in [3.8, 4) is 11.5 Å². The van der Waals surface area contributed by atoms with E-state index < -0.39 is 0 Å². The number of ether oxygens (including phenoxy) is 2. The van der Waals surface area contributed by atoms with Crippen molar-refractivity contribution in [2.24, 2.45) is 10.8 Å². The van der Waals surface area contributed by atoms with Crippen molar-refractivity contribution in [2.45, 2.75) is 0 Å². The summed E-state index contributed by atoms with van der Waals surface area (Å²) in [6.07, 6.45) is 1.59. The lowest BCUT2D eigenvalue weighted by Gasteiger charge is -2.10. The van der Waals surface area contributed by atoms with Crippen LogP contribution in [0.25, 0.3) is 0 Å². The predicted molar refractivity (Wildman–Crippen MR) is 99.1 cm³/mol. The minimum atomic E-state index is 0.106. The van der Waals surface area contributed by atoms with E-state index in [9.17, 15) is 0 Å². The second kappa shape index (κ2) is 9.12. The molecule has 0 saturated heterocycles. The summed E-state index contributed by atoms with van der Waals surface area (Å²) in [5.74, 6) is 1.51. The Hall–Kier alpha value is -2.12. The van der Waals surface area contributed by atoms with Gasteiger partial charge in [0.2, 0.25) is 0 Å². The standard InChI is InChI=1S/C16H16BrN3O2S/c17-13-6-7-15(12(10-13)11-19-20-16(18)23)22-9-8-21-14-4-2-1-3-5-14/h1-7,10-11H,8-9H2,(H3,18,20,23). The van der Waals surface area contributed by atoms with Gasteiger partial charge in [-0.15, -0.1) is 0 Å². The fourth-order valence-corrected chi connectivity index (χ4v) is 2.18. The topological polar surface area (TPSA) is 68.9 Å². The summed E-state index contributed by atoms with van der Waals surface area (Å²) in [5.41, 5.74) is 8.63. The molecular formula is C16H16BrN3O2S. The molecule has 23 heavy (non-hydrogen) atoms. The van der Waals surface area contributed by atoms with Gasteiger partial charge in [-0.05, 0) is 42.5 Å². The van der Waals surface area contributed by atoms with Crippen LogP contribution in [0.1, 0.15) is 5.56 Å². The monoisotopic (exact) mass is 393 g/mol. The normalized spacial score (nSPS) is 10.5. The highest BCUT2D eigenvalue weighted by Crippen LogP contribution is 2.21. The third-order valence-electron chi connectivity index (χ3n) is 2.70. The zero-order valence-electron chi connectivity index (χ0n) is 12.2. The van der Waals surface area contributed by atoms with Crippen LogP contribution >= 0.6 is 28.1 Å². The first-order valence-electron chi connectivity index (χ1n) is 6.84. The van der Waals surface area contributed by atoms with Crippen LogP contribution in [0.15, 0.2) is 58.1 Å². The molecule has 0 amide bonds. The molecule has 7 heteroatoms. The predicted octanol–water partition coefficient (Wildman–Crippen LogP) is 3.07. The Labute approximate surface area is 148 Å². The largest absolute Gasteiger partial charge is 0.490 e. The smallest absolute Gasteiger partial charge is 0.184 e. The van der Waals surface area contributed by atoms with Crippen LogP contribution in [-0.4, -0.2) is 24.5 Å². The molecule has 0 spiro atoms. The van der Waals surface area contributed by atoms with Crippen molar-refractivity contribution >= 4 is 39.5 Å². The van der Waals surface area contributed by atoms with E-state index in [1.165, 1.54) is 0 Å². The molecule has 120 valence electrons. The molecule has 0 saturated carbocycles. The average Bonchev–Trinajstić information content (AvgIpc) is 2.54. The molecule has 5 nitrogen and oxygen atoms in total. The van der Waals surface area contributed by atoms with Gasteiger partial charge in [-0.2, -0.15) is 5.10 Å². The maximum atomic E-state index is 5.74. The van der Waals surface area contributed by atoms with Gasteiger partial charge in [0.05, 0.1) is 6.21 Å². The summed E-state index contributed by atoms with van der Waals surface area (Å²) in [6, 6.07) is 15.2. The molecule has 3 N–H and O–H groups in total. The number of hydrazone groups is 1. The SMILES string of the molecule is NC(=S)NN=Cc1cc(Br)ccc1OCCOc1ccccc1. The van der Waals surface area contributed by atoms with Crippen LogP contribution in [0.4, 0.5) is 0 Å². The summed E-state index contributed by atoms with van der Waals surface area (Å²) in [5, 5.41) is 4.05. The molecule has 0 heterocycles. The Morgan fingerprint density at radius 1 is 1.17 bits per heavy atom. The Morgan fingerprint density at radius 2 is 1.91 bits per heavy atom. The Morgan fingerprint density at radius 3 is 2.65 bits per heavy atom. The number of nitrogens with two attached hydrogens (primary N) is 1. The Bertz CT molecular complexity index is 680. The number of nitrogens with zero attached hydrogens (tertiary/aromatic N) is 1. The van der Waals surface area contributed by atoms with Crippen molar-refractivity contribution in [3.63, 3.8) is 0 Å². The minimum Gasteiger partial charge on any atom is -0.490 e. The lowest BCUT2D eigenvalue weighted by Crippen LogP contribution is -2.24. The third-order valence-corrected chi connectivity index (χ3v) is 3.29. The maximum absolute atomic E-state index is 5.74. The number of benzene rings is 2. The van der Waals surface area contributed by atoms with Gasteiger partial charge >= 0.3 is 0 Å². The summed E-state index contributed by atoms with van der Waals surface area (Å²) >= 11 is 8.11. The van der Waals surface area contributed by atoms with Crippen LogP contribution in [-0.2, 0) is 0 Å². The van der Waals surface area contributed by atoms with Crippen molar-refractivity contribution < 1.29 is 9.47 Å². The van der Waals surface area contributed by atoms with Crippen LogP contribution in [0.3, 0.4) is 0 Å². The van der Waals surface area contributed by atoms with E-state index in [-0.39, 0.29) is 5.11 Å². The summed E-state index contributed by atoms with van der Waals surface area (Å²) in [6.45, 7) is 0.863. The Kier molecular flexibility index (Phi) is 6.83. The van der Waals surface area contributed by atoms with E-state index in [1.807, 2.05) is 48.5 Å². The summed E-state index contributed by atoms with van der Waals surface area (Å²) in [7, 11) is 0. The molecular weight excluding hydrogens is 378 g/mol. The zero-order valence-corrected chi connectivity index (χ0v) is 14.6. The highest BCUT2D eigenvalue weighted by Gasteiger charge is 2.03. The quantitative estimate of drug-likeness (QED) is 0.327. The number of halogens is 1. The van der Waals surface area contributed by atoms with Crippen LogP contribution < -0.4 is 20.6 Å². The fourth-order valence-electron chi connectivity index (χ4n) is 1.74. The van der Waals surface area contributed by atoms with Gasteiger partial charge < -0.3 is 15.2 Å². The number of para-hydroxylation sites is 1. The fraction of sp³-hybridized carbons (Fsp3) is 0.125. The van der Waals surface area contributed by atoms with Crippen LogP contribution in [0, 0.1) is 0 Å². The van der Waals surface area contributed by atoms with Gasteiger partial charge in [0.1, 0.15) is 24.7 Å². The number of rotatable bonds is 7. The highest BCUT2D eigenvalue weighted by atomic mass is 79.9. The van der Waals surface area contributed by atoms with Crippen LogP contribution in [0.5, 0.6) is 11.5 Å². The maximum Gasteiger partial charge on any atom is 0.184 e. The molecule has 0 fully saturated rings. The molecule has 2 aromatic carbocycles. The van der Waals surface area contributed by atoms with E-state index in [0.717, 1.165) is 15.8 Å². The van der Waals surface area contributed by atoms with Crippen molar-refractivity contribution in [1.29, 1.82) is 0 Å². The lowest BCUT2D eigenvalue weighted by atomic mass is 10.2. The van der Waals surface area contributed by atoms with Crippen LogP contribution in [0.2, 0.25) is 0 Å². The molecule has 0 aliphatic carbocycles. The second-order valence-corrected chi connectivity index (χ2v) is 5.78. The van der Waals surface area contributed by atoms with Crippen molar-refractivity contribution in [3.05, 3.63) is 58.6 Å². The first-order chi connectivity index (χ1) is 11.1. The second-order valence-electron chi connectivity index (χ2n) is 4.43. The van der Waals surface area contributed by atoms with Gasteiger partial charge in [0.25, 0.3) is 0 Å². The number of hydrogen-bond donors (Lipinski definition) is 2.